The first-order valence-electron chi connectivity index (χ1n) is 12.0. The predicted octanol–water partition coefficient (Wildman–Crippen LogP) is 3.06. The number of nitrogen functional groups attached to an aromatic ring is 1. The smallest absolute Gasteiger partial charge is 0.349 e. The van der Waals surface area contributed by atoms with E-state index in [1.165, 1.54) is 22.5 Å². The van der Waals surface area contributed by atoms with Gasteiger partial charge in [0.15, 0.2) is 0 Å². The predicted molar refractivity (Wildman–Crippen MR) is 139 cm³/mol. The van der Waals surface area contributed by atoms with Crippen molar-refractivity contribution in [3.05, 3.63) is 46.5 Å². The van der Waals surface area contributed by atoms with Crippen molar-refractivity contribution in [1.29, 1.82) is 0 Å². The van der Waals surface area contributed by atoms with Gasteiger partial charge in [0.2, 0.25) is 5.95 Å². The molecule has 2 aliphatic heterocycles. The van der Waals surface area contributed by atoms with Crippen LogP contribution >= 0.6 is 11.3 Å². The summed E-state index contributed by atoms with van der Waals surface area (Å²) < 4.78 is 5.11. The number of benzene rings is 1. The number of rotatable bonds is 5. The van der Waals surface area contributed by atoms with E-state index in [-0.39, 0.29) is 12.0 Å². The van der Waals surface area contributed by atoms with Crippen molar-refractivity contribution in [2.24, 2.45) is 0 Å². The summed E-state index contributed by atoms with van der Waals surface area (Å²) in [4.78, 5) is 33.1. The Hall–Kier alpha value is -3.24. The van der Waals surface area contributed by atoms with Crippen LogP contribution < -0.4 is 15.5 Å². The third-order valence-corrected chi connectivity index (χ3v) is 7.69. The van der Waals surface area contributed by atoms with Gasteiger partial charge in [-0.15, -0.1) is 11.3 Å². The summed E-state index contributed by atoms with van der Waals surface area (Å²) in [5.74, 6) is 1.72. The van der Waals surface area contributed by atoms with E-state index < -0.39 is 0 Å². The zero-order chi connectivity index (χ0) is 24.5. The first-order chi connectivity index (χ1) is 16.9. The van der Waals surface area contributed by atoms with Crippen LogP contribution in [0.2, 0.25) is 0 Å². The second-order valence-electron chi connectivity index (χ2n) is 9.15. The largest absolute Gasteiger partial charge is 0.462 e. The number of nitrogens with zero attached hydrogens (tertiary/aromatic N) is 6. The Morgan fingerprint density at radius 3 is 2.69 bits per heavy atom. The van der Waals surface area contributed by atoms with Crippen molar-refractivity contribution >= 4 is 34.9 Å². The minimum absolute atomic E-state index is 0.276. The summed E-state index contributed by atoms with van der Waals surface area (Å²) in [6, 6.07) is 8.78. The van der Waals surface area contributed by atoms with E-state index in [1.807, 2.05) is 0 Å². The lowest BCUT2D eigenvalue weighted by atomic mass is 9.93. The van der Waals surface area contributed by atoms with Crippen molar-refractivity contribution in [2.75, 3.05) is 55.4 Å². The number of carbonyl (C=O) groups excluding carboxylic acids is 1. The van der Waals surface area contributed by atoms with E-state index in [9.17, 15) is 4.79 Å². The van der Waals surface area contributed by atoms with Crippen molar-refractivity contribution < 1.29 is 9.53 Å². The van der Waals surface area contributed by atoms with Crippen LogP contribution in [0.4, 0.5) is 17.6 Å². The highest BCUT2D eigenvalue weighted by molar-refractivity contribution is 7.16. The molecule has 1 saturated heterocycles. The van der Waals surface area contributed by atoms with Crippen molar-refractivity contribution in [1.82, 2.24) is 19.9 Å². The third kappa shape index (κ3) is 4.94. The summed E-state index contributed by atoms with van der Waals surface area (Å²) in [5.41, 5.74) is 9.71. The number of nitrogens with two attached hydrogens (primary N) is 1. The summed E-state index contributed by atoms with van der Waals surface area (Å²) in [6.45, 7) is 8.95. The molecule has 5 rings (SSSR count). The second kappa shape index (κ2) is 9.79. The van der Waals surface area contributed by atoms with Crippen LogP contribution in [0.3, 0.4) is 0 Å². The van der Waals surface area contributed by atoms with Gasteiger partial charge in [-0.05, 0) is 44.5 Å². The number of carbonyl (C=O) groups is 1. The molecule has 1 atom stereocenters. The molecule has 1 fully saturated rings. The van der Waals surface area contributed by atoms with Crippen LogP contribution in [0.1, 0.15) is 34.6 Å². The fourth-order valence-electron chi connectivity index (χ4n) is 4.67. The molecule has 0 spiro atoms. The zero-order valence-corrected chi connectivity index (χ0v) is 21.2. The molecule has 3 aromatic rings. The number of thiazole rings is 1. The first-order valence-corrected chi connectivity index (χ1v) is 12.8. The SMILES string of the molecule is CCOC(=O)c1cnc(-c2ccc3c(c2)CN(c2cc(N4CCN(C)CC4)nc(N)n2)C(C)C3)s1. The highest BCUT2D eigenvalue weighted by atomic mass is 32.1. The number of fused-ring (bicyclic) bond motifs is 1. The number of esters is 1. The Bertz CT molecular complexity index is 1220. The topological polar surface area (TPSA) is 101 Å². The molecular formula is C25H31N7O2S. The van der Waals surface area contributed by atoms with E-state index in [2.05, 4.69) is 67.9 Å². The van der Waals surface area contributed by atoms with E-state index in [0.717, 1.165) is 61.4 Å². The molecule has 0 radical (unpaired) electrons. The minimum Gasteiger partial charge on any atom is -0.462 e. The lowest BCUT2D eigenvalue weighted by molar-refractivity contribution is 0.0532. The maximum absolute atomic E-state index is 12.1. The van der Waals surface area contributed by atoms with Gasteiger partial charge >= 0.3 is 5.97 Å². The molecule has 0 saturated carbocycles. The van der Waals surface area contributed by atoms with Gasteiger partial charge in [0, 0.05) is 50.4 Å². The molecule has 0 bridgehead atoms. The van der Waals surface area contributed by atoms with Gasteiger partial charge in [-0.25, -0.2) is 9.78 Å². The number of piperazine rings is 1. The molecule has 0 amide bonds. The van der Waals surface area contributed by atoms with Crippen LogP contribution in [0.15, 0.2) is 30.5 Å². The molecule has 35 heavy (non-hydrogen) atoms. The fraction of sp³-hybridized carbons (Fsp3) is 0.440. The van der Waals surface area contributed by atoms with Crippen molar-refractivity contribution in [2.45, 2.75) is 32.9 Å². The summed E-state index contributed by atoms with van der Waals surface area (Å²) in [5, 5.41) is 0.810. The van der Waals surface area contributed by atoms with Crippen molar-refractivity contribution in [3.63, 3.8) is 0 Å². The molecule has 184 valence electrons. The maximum atomic E-state index is 12.1. The van der Waals surface area contributed by atoms with E-state index in [4.69, 9.17) is 10.5 Å². The Kier molecular flexibility index (Phi) is 6.57. The fourth-order valence-corrected chi connectivity index (χ4v) is 5.47. The molecular weight excluding hydrogens is 462 g/mol. The number of anilines is 3. The molecule has 1 unspecified atom stereocenters. The molecule has 2 aliphatic rings. The highest BCUT2D eigenvalue weighted by Crippen LogP contribution is 2.33. The van der Waals surface area contributed by atoms with Crippen LogP contribution in [-0.4, -0.2) is 71.7 Å². The molecule has 2 N–H and O–H groups in total. The molecule has 9 nitrogen and oxygen atoms in total. The molecule has 2 aromatic heterocycles. The Balaban J connectivity index is 1.40. The summed E-state index contributed by atoms with van der Waals surface area (Å²) in [7, 11) is 2.14. The number of likely N-dealkylation sites (N-methyl/N-ethyl adjacent to an activating group) is 1. The van der Waals surface area contributed by atoms with Gasteiger partial charge in [0.25, 0.3) is 0 Å². The monoisotopic (exact) mass is 493 g/mol. The minimum atomic E-state index is -0.327. The quantitative estimate of drug-likeness (QED) is 0.537. The van der Waals surface area contributed by atoms with Gasteiger partial charge < -0.3 is 25.2 Å². The standard InChI is InChI=1S/C25H31N7O2S/c1-4-34-24(33)20-14-27-23(35-20)18-6-5-17-11-16(2)32(15-19(17)12-18)22-13-21(28-25(26)29-22)31-9-7-30(3)8-10-31/h5-6,12-14,16H,4,7-11,15H2,1-3H3,(H2,26,28,29). The number of ether oxygens (including phenoxy) is 1. The van der Waals surface area contributed by atoms with Gasteiger partial charge in [-0.3, -0.25) is 0 Å². The Morgan fingerprint density at radius 1 is 1.14 bits per heavy atom. The highest BCUT2D eigenvalue weighted by Gasteiger charge is 2.26. The summed E-state index contributed by atoms with van der Waals surface area (Å²) >= 11 is 1.36. The molecule has 0 aliphatic carbocycles. The summed E-state index contributed by atoms with van der Waals surface area (Å²) in [6.07, 6.45) is 2.50. The molecule has 1 aromatic carbocycles. The van der Waals surface area contributed by atoms with Gasteiger partial charge in [-0.1, -0.05) is 12.1 Å². The third-order valence-electron chi connectivity index (χ3n) is 6.66. The van der Waals surface area contributed by atoms with E-state index in [1.54, 1.807) is 13.1 Å². The van der Waals surface area contributed by atoms with E-state index >= 15 is 0 Å². The first kappa shape index (κ1) is 23.5. The van der Waals surface area contributed by atoms with Crippen molar-refractivity contribution in [3.8, 4) is 10.6 Å². The van der Waals surface area contributed by atoms with Crippen LogP contribution in [0.25, 0.3) is 10.6 Å². The van der Waals surface area contributed by atoms with E-state index in [0.29, 0.717) is 17.4 Å². The second-order valence-corrected chi connectivity index (χ2v) is 10.2. The Labute approximate surface area is 209 Å². The number of aromatic nitrogens is 3. The van der Waals surface area contributed by atoms with Crippen LogP contribution in [0.5, 0.6) is 0 Å². The molecule has 10 heteroatoms. The zero-order valence-electron chi connectivity index (χ0n) is 20.4. The Morgan fingerprint density at radius 2 is 1.91 bits per heavy atom. The van der Waals surface area contributed by atoms with Gasteiger partial charge in [0.05, 0.1) is 12.8 Å². The average Bonchev–Trinajstić information content (AvgIpc) is 3.34. The van der Waals surface area contributed by atoms with Crippen LogP contribution in [-0.2, 0) is 17.7 Å². The lowest BCUT2D eigenvalue weighted by Gasteiger charge is -2.37. The normalized spacial score (nSPS) is 18.4. The van der Waals surface area contributed by atoms with Crippen LogP contribution in [0, 0.1) is 0 Å². The average molecular weight is 494 g/mol. The molecule has 4 heterocycles. The van der Waals surface area contributed by atoms with Gasteiger partial charge in [-0.2, -0.15) is 9.97 Å². The lowest BCUT2D eigenvalue weighted by Crippen LogP contribution is -2.45. The maximum Gasteiger partial charge on any atom is 0.349 e. The number of hydrogen-bond donors (Lipinski definition) is 1. The van der Waals surface area contributed by atoms with Gasteiger partial charge in [0.1, 0.15) is 21.5 Å². The number of hydrogen-bond acceptors (Lipinski definition) is 10.